The molecule has 0 spiro atoms. The van der Waals surface area contributed by atoms with Crippen molar-refractivity contribution in [3.63, 3.8) is 0 Å². The van der Waals surface area contributed by atoms with Gasteiger partial charge in [-0.15, -0.1) is 0 Å². The van der Waals surface area contributed by atoms with Crippen LogP contribution in [0.3, 0.4) is 0 Å². The Morgan fingerprint density at radius 2 is 2.00 bits per heavy atom. The molecule has 0 bridgehead atoms. The van der Waals surface area contributed by atoms with Crippen molar-refractivity contribution in [2.24, 2.45) is 0 Å². The molecule has 1 aromatic heterocycles. The molecule has 0 N–H and O–H groups in total. The molecule has 1 heterocycles. The van der Waals surface area contributed by atoms with Crippen molar-refractivity contribution >= 4 is 28.7 Å². The van der Waals surface area contributed by atoms with Crippen molar-refractivity contribution in [2.45, 2.75) is 20.8 Å². The molecule has 0 aliphatic carbocycles. The van der Waals surface area contributed by atoms with E-state index in [0.717, 1.165) is 29.7 Å². The van der Waals surface area contributed by atoms with Crippen LogP contribution in [0.1, 0.15) is 25.0 Å². The van der Waals surface area contributed by atoms with Crippen LogP contribution in [-0.4, -0.2) is 26.2 Å². The number of nitrogens with zero attached hydrogens (tertiary/aromatic N) is 1. The molecule has 0 fully saturated rings. The van der Waals surface area contributed by atoms with Gasteiger partial charge in [0.15, 0.2) is 0 Å². The van der Waals surface area contributed by atoms with E-state index in [1.807, 2.05) is 25.1 Å². The average Bonchev–Trinajstić information content (AvgIpc) is 2.55. The van der Waals surface area contributed by atoms with Crippen LogP contribution in [0.2, 0.25) is 0 Å². The van der Waals surface area contributed by atoms with Crippen LogP contribution in [0.5, 0.6) is 0 Å². The molecule has 0 aliphatic rings. The predicted octanol–water partition coefficient (Wildman–Crippen LogP) is 3.13. The zero-order valence-electron chi connectivity index (χ0n) is 13.9. The third kappa shape index (κ3) is 3.44. The van der Waals surface area contributed by atoms with Gasteiger partial charge in [0.25, 0.3) is 0 Å². The SMILES string of the molecule is CCN(CC)c1ccc2c(C)c(/C=C/C(=O)OC)c(=O)oc2c1. The van der Waals surface area contributed by atoms with Gasteiger partial charge in [-0.05, 0) is 44.5 Å². The van der Waals surface area contributed by atoms with Gasteiger partial charge in [0, 0.05) is 36.3 Å². The lowest BCUT2D eigenvalue weighted by Crippen LogP contribution is -2.21. The molecule has 0 atom stereocenters. The van der Waals surface area contributed by atoms with Gasteiger partial charge in [-0.3, -0.25) is 0 Å². The van der Waals surface area contributed by atoms with E-state index in [0.29, 0.717) is 11.1 Å². The Balaban J connectivity index is 2.56. The molecular formula is C18H21NO4. The smallest absolute Gasteiger partial charge is 0.343 e. The summed E-state index contributed by atoms with van der Waals surface area (Å²) in [6.45, 7) is 7.76. The van der Waals surface area contributed by atoms with E-state index in [-0.39, 0.29) is 0 Å². The van der Waals surface area contributed by atoms with Gasteiger partial charge in [0.1, 0.15) is 5.58 Å². The first-order chi connectivity index (χ1) is 11.0. The summed E-state index contributed by atoms with van der Waals surface area (Å²) in [6.07, 6.45) is 2.65. The number of methoxy groups -OCH3 is 1. The average molecular weight is 315 g/mol. The van der Waals surface area contributed by atoms with Gasteiger partial charge >= 0.3 is 11.6 Å². The largest absolute Gasteiger partial charge is 0.466 e. The Kier molecular flexibility index (Phi) is 5.21. The van der Waals surface area contributed by atoms with Crippen molar-refractivity contribution < 1.29 is 13.9 Å². The van der Waals surface area contributed by atoms with Crippen molar-refractivity contribution in [2.75, 3.05) is 25.1 Å². The Labute approximate surface area is 135 Å². The Bertz CT molecular complexity index is 801. The summed E-state index contributed by atoms with van der Waals surface area (Å²) in [4.78, 5) is 25.6. The minimum atomic E-state index is -0.513. The van der Waals surface area contributed by atoms with Crippen molar-refractivity contribution in [3.8, 4) is 0 Å². The molecule has 0 amide bonds. The van der Waals surface area contributed by atoms with E-state index < -0.39 is 11.6 Å². The van der Waals surface area contributed by atoms with Gasteiger partial charge in [-0.1, -0.05) is 0 Å². The van der Waals surface area contributed by atoms with E-state index in [1.165, 1.54) is 19.3 Å². The molecule has 122 valence electrons. The molecule has 2 aromatic rings. The fourth-order valence-corrected chi connectivity index (χ4v) is 2.56. The maximum Gasteiger partial charge on any atom is 0.343 e. The Morgan fingerprint density at radius 3 is 2.61 bits per heavy atom. The second kappa shape index (κ2) is 7.13. The lowest BCUT2D eigenvalue weighted by Gasteiger charge is -2.21. The summed E-state index contributed by atoms with van der Waals surface area (Å²) >= 11 is 0. The van der Waals surface area contributed by atoms with E-state index in [9.17, 15) is 9.59 Å². The molecular weight excluding hydrogens is 294 g/mol. The first-order valence-electron chi connectivity index (χ1n) is 7.60. The van der Waals surface area contributed by atoms with Gasteiger partial charge in [-0.2, -0.15) is 0 Å². The number of ether oxygens (including phenoxy) is 1. The highest BCUT2D eigenvalue weighted by molar-refractivity contribution is 5.90. The molecule has 1 aromatic carbocycles. The third-order valence-electron chi connectivity index (χ3n) is 3.91. The first-order valence-corrected chi connectivity index (χ1v) is 7.60. The summed E-state index contributed by atoms with van der Waals surface area (Å²) < 4.78 is 9.98. The van der Waals surface area contributed by atoms with Crippen molar-refractivity contribution in [1.82, 2.24) is 0 Å². The van der Waals surface area contributed by atoms with Crippen LogP contribution in [0.15, 0.2) is 33.5 Å². The minimum Gasteiger partial charge on any atom is -0.466 e. The molecule has 0 radical (unpaired) electrons. The van der Waals surface area contributed by atoms with E-state index in [2.05, 4.69) is 23.5 Å². The lowest BCUT2D eigenvalue weighted by atomic mass is 10.0. The summed E-state index contributed by atoms with van der Waals surface area (Å²) in [5, 5.41) is 0.852. The normalized spacial score (nSPS) is 11.1. The molecule has 2 rings (SSSR count). The van der Waals surface area contributed by atoms with E-state index >= 15 is 0 Å². The molecule has 0 saturated carbocycles. The van der Waals surface area contributed by atoms with E-state index in [4.69, 9.17) is 4.42 Å². The van der Waals surface area contributed by atoms with Gasteiger partial charge in [0.2, 0.25) is 0 Å². The zero-order chi connectivity index (χ0) is 17.0. The fourth-order valence-electron chi connectivity index (χ4n) is 2.56. The van der Waals surface area contributed by atoms with Gasteiger partial charge in [0.05, 0.1) is 12.7 Å². The van der Waals surface area contributed by atoms with Crippen molar-refractivity contribution in [3.05, 3.63) is 45.8 Å². The maximum atomic E-state index is 12.2. The van der Waals surface area contributed by atoms with Crippen LogP contribution < -0.4 is 10.5 Å². The summed E-state index contributed by atoms with van der Waals surface area (Å²) in [5.74, 6) is -0.513. The highest BCUT2D eigenvalue weighted by Gasteiger charge is 2.11. The molecule has 5 heteroatoms. The predicted molar refractivity (Wildman–Crippen MR) is 91.8 cm³/mol. The second-order valence-electron chi connectivity index (χ2n) is 5.14. The minimum absolute atomic E-state index is 0.360. The highest BCUT2D eigenvalue weighted by Crippen LogP contribution is 2.25. The number of fused-ring (bicyclic) bond motifs is 1. The number of hydrogen-bond acceptors (Lipinski definition) is 5. The highest BCUT2D eigenvalue weighted by atomic mass is 16.5. The Morgan fingerprint density at radius 1 is 1.30 bits per heavy atom. The monoisotopic (exact) mass is 315 g/mol. The number of hydrogen-bond donors (Lipinski definition) is 0. The van der Waals surface area contributed by atoms with Gasteiger partial charge < -0.3 is 14.1 Å². The molecule has 0 saturated heterocycles. The molecule has 23 heavy (non-hydrogen) atoms. The van der Waals surface area contributed by atoms with Crippen LogP contribution in [0.25, 0.3) is 17.0 Å². The van der Waals surface area contributed by atoms with Crippen LogP contribution >= 0.6 is 0 Å². The zero-order valence-corrected chi connectivity index (χ0v) is 13.9. The standard InChI is InChI=1S/C18H21NO4/c1-5-19(6-2)13-7-8-14-12(3)15(9-10-17(20)22-4)18(21)23-16(14)11-13/h7-11H,5-6H2,1-4H3/b10-9+. The third-order valence-corrected chi connectivity index (χ3v) is 3.91. The lowest BCUT2D eigenvalue weighted by molar-refractivity contribution is -0.134. The van der Waals surface area contributed by atoms with Crippen LogP contribution in [-0.2, 0) is 9.53 Å². The summed E-state index contributed by atoms with van der Waals surface area (Å²) in [5.41, 5.74) is 2.24. The number of aryl methyl sites for hydroxylation is 1. The first kappa shape index (κ1) is 16.8. The van der Waals surface area contributed by atoms with Gasteiger partial charge in [-0.25, -0.2) is 9.59 Å². The number of esters is 1. The topological polar surface area (TPSA) is 59.8 Å². The Hall–Kier alpha value is -2.56. The summed E-state index contributed by atoms with van der Waals surface area (Å²) in [7, 11) is 1.29. The van der Waals surface area contributed by atoms with Crippen LogP contribution in [0.4, 0.5) is 5.69 Å². The fraction of sp³-hybridized carbons (Fsp3) is 0.333. The number of anilines is 1. The van der Waals surface area contributed by atoms with Crippen LogP contribution in [0, 0.1) is 6.92 Å². The van der Waals surface area contributed by atoms with Crippen molar-refractivity contribution in [1.29, 1.82) is 0 Å². The molecule has 5 nitrogen and oxygen atoms in total. The number of carbonyl (C=O) groups excluding carboxylic acids is 1. The molecule has 0 aliphatic heterocycles. The second-order valence-corrected chi connectivity index (χ2v) is 5.14. The summed E-state index contributed by atoms with van der Waals surface area (Å²) in [6, 6.07) is 5.83. The quantitative estimate of drug-likeness (QED) is 0.482. The number of benzene rings is 1. The van der Waals surface area contributed by atoms with E-state index in [1.54, 1.807) is 0 Å². The number of rotatable bonds is 5. The molecule has 0 unspecified atom stereocenters. The maximum absolute atomic E-state index is 12.2. The number of carbonyl (C=O) groups is 1.